The molecular formula is C11H22O2S. The van der Waals surface area contributed by atoms with Crippen LogP contribution in [0.4, 0.5) is 0 Å². The summed E-state index contributed by atoms with van der Waals surface area (Å²) in [7, 11) is 0. The molecule has 1 N–H and O–H groups in total. The molecule has 0 bridgehead atoms. The molecule has 0 amide bonds. The van der Waals surface area contributed by atoms with Crippen molar-refractivity contribution < 1.29 is 9.90 Å². The van der Waals surface area contributed by atoms with Gasteiger partial charge in [0.1, 0.15) is 5.78 Å². The number of thioether (sulfide) groups is 1. The highest BCUT2D eigenvalue weighted by Crippen LogP contribution is 2.20. The van der Waals surface area contributed by atoms with Gasteiger partial charge < -0.3 is 5.11 Å². The Morgan fingerprint density at radius 2 is 2.00 bits per heavy atom. The van der Waals surface area contributed by atoms with E-state index in [1.807, 2.05) is 6.92 Å². The zero-order valence-electron chi connectivity index (χ0n) is 9.45. The maximum absolute atomic E-state index is 11.3. The van der Waals surface area contributed by atoms with Crippen molar-refractivity contribution in [2.75, 3.05) is 5.75 Å². The number of carbonyl (C=O) groups excluding carboxylic acids is 1. The Morgan fingerprint density at radius 3 is 2.43 bits per heavy atom. The van der Waals surface area contributed by atoms with Gasteiger partial charge in [0, 0.05) is 0 Å². The molecule has 0 saturated carbocycles. The number of hydrogen-bond acceptors (Lipinski definition) is 3. The molecule has 0 aromatic rings. The van der Waals surface area contributed by atoms with E-state index in [-0.39, 0.29) is 11.0 Å². The van der Waals surface area contributed by atoms with Crippen molar-refractivity contribution in [3.05, 3.63) is 0 Å². The Labute approximate surface area is 91.5 Å². The van der Waals surface area contributed by atoms with Crippen LogP contribution >= 0.6 is 11.8 Å². The lowest BCUT2D eigenvalue weighted by atomic mass is 10.1. The fourth-order valence-corrected chi connectivity index (χ4v) is 2.60. The molecular weight excluding hydrogens is 196 g/mol. The normalized spacial score (nSPS) is 15.1. The molecule has 2 atom stereocenters. The number of Topliss-reactive ketones (excluding diaryl/α,β-unsaturated/α-hetero) is 1. The zero-order valence-corrected chi connectivity index (χ0v) is 10.3. The van der Waals surface area contributed by atoms with Crippen LogP contribution in [0, 0.1) is 0 Å². The van der Waals surface area contributed by atoms with Gasteiger partial charge in [-0.15, -0.1) is 11.8 Å². The number of rotatable bonds is 8. The maximum atomic E-state index is 11.3. The Hall–Kier alpha value is -0.0200. The summed E-state index contributed by atoms with van der Waals surface area (Å²) < 4.78 is 0. The van der Waals surface area contributed by atoms with E-state index in [0.29, 0.717) is 0 Å². The monoisotopic (exact) mass is 218 g/mol. The highest BCUT2D eigenvalue weighted by Gasteiger charge is 2.22. The molecule has 0 fully saturated rings. The van der Waals surface area contributed by atoms with Crippen LogP contribution in [0.1, 0.15) is 46.5 Å². The molecule has 2 nitrogen and oxygen atoms in total. The van der Waals surface area contributed by atoms with E-state index in [0.717, 1.165) is 31.4 Å². The summed E-state index contributed by atoms with van der Waals surface area (Å²) in [6, 6.07) is 0. The summed E-state index contributed by atoms with van der Waals surface area (Å²) >= 11 is 1.60. The zero-order chi connectivity index (χ0) is 11.0. The molecule has 0 aromatic heterocycles. The number of ketones is 1. The molecule has 14 heavy (non-hydrogen) atoms. The number of carbonyl (C=O) groups is 1. The molecule has 0 radical (unpaired) electrons. The van der Waals surface area contributed by atoms with Gasteiger partial charge in [-0.1, -0.05) is 26.7 Å². The van der Waals surface area contributed by atoms with E-state index in [1.54, 1.807) is 18.7 Å². The quantitative estimate of drug-likeness (QED) is 0.636. The first-order valence-electron chi connectivity index (χ1n) is 5.43. The molecule has 0 aliphatic carbocycles. The van der Waals surface area contributed by atoms with Crippen LogP contribution in [-0.4, -0.2) is 28.0 Å². The van der Waals surface area contributed by atoms with Crippen molar-refractivity contribution in [1.29, 1.82) is 0 Å². The number of aliphatic hydroxyl groups excluding tert-OH is 1. The molecule has 0 unspecified atom stereocenters. The van der Waals surface area contributed by atoms with Crippen LogP contribution in [0.2, 0.25) is 0 Å². The van der Waals surface area contributed by atoms with E-state index < -0.39 is 6.10 Å². The highest BCUT2D eigenvalue weighted by molar-refractivity contribution is 8.00. The minimum Gasteiger partial charge on any atom is -0.392 e. The average Bonchev–Trinajstić information content (AvgIpc) is 2.12. The fourth-order valence-electron chi connectivity index (χ4n) is 1.30. The molecule has 0 aromatic carbocycles. The summed E-state index contributed by atoms with van der Waals surface area (Å²) in [4.78, 5) is 11.3. The molecule has 84 valence electrons. The Balaban J connectivity index is 3.94. The topological polar surface area (TPSA) is 37.3 Å². The van der Waals surface area contributed by atoms with Gasteiger partial charge in [0.15, 0.2) is 0 Å². The van der Waals surface area contributed by atoms with Crippen molar-refractivity contribution in [2.45, 2.75) is 57.8 Å². The van der Waals surface area contributed by atoms with E-state index in [2.05, 4.69) is 6.92 Å². The predicted octanol–water partition coefficient (Wildman–Crippen LogP) is 2.64. The lowest BCUT2D eigenvalue weighted by Gasteiger charge is -2.19. The summed E-state index contributed by atoms with van der Waals surface area (Å²) in [6.45, 7) is 5.73. The number of unbranched alkanes of at least 4 members (excludes halogenated alkanes) is 1. The second-order valence-electron chi connectivity index (χ2n) is 3.61. The molecule has 0 heterocycles. The minimum absolute atomic E-state index is 0.104. The average molecular weight is 218 g/mol. The first kappa shape index (κ1) is 14.0. The molecule has 0 spiro atoms. The number of aliphatic hydroxyl groups is 1. The lowest BCUT2D eigenvalue weighted by Crippen LogP contribution is -2.29. The molecule has 3 heteroatoms. The van der Waals surface area contributed by atoms with Crippen molar-refractivity contribution in [1.82, 2.24) is 0 Å². The highest BCUT2D eigenvalue weighted by atomic mass is 32.2. The SMILES string of the molecule is CCCCS[C@@H](C(C)=O)[C@H](O)CCC. The van der Waals surface area contributed by atoms with Crippen molar-refractivity contribution in [3.8, 4) is 0 Å². The largest absolute Gasteiger partial charge is 0.392 e. The molecule has 0 aliphatic heterocycles. The van der Waals surface area contributed by atoms with Crippen molar-refractivity contribution in [3.63, 3.8) is 0 Å². The van der Waals surface area contributed by atoms with Gasteiger partial charge in [0.25, 0.3) is 0 Å². The third kappa shape index (κ3) is 5.66. The van der Waals surface area contributed by atoms with Gasteiger partial charge in [-0.25, -0.2) is 0 Å². The molecule has 0 aliphatic rings. The van der Waals surface area contributed by atoms with Crippen LogP contribution in [0.25, 0.3) is 0 Å². The first-order valence-corrected chi connectivity index (χ1v) is 6.48. The van der Waals surface area contributed by atoms with Crippen LogP contribution < -0.4 is 0 Å². The van der Waals surface area contributed by atoms with Gasteiger partial charge in [0.05, 0.1) is 11.4 Å². The van der Waals surface area contributed by atoms with Crippen LogP contribution in [0.5, 0.6) is 0 Å². The van der Waals surface area contributed by atoms with Gasteiger partial charge in [-0.05, 0) is 25.5 Å². The third-order valence-corrected chi connectivity index (χ3v) is 3.66. The Morgan fingerprint density at radius 1 is 1.36 bits per heavy atom. The fraction of sp³-hybridized carbons (Fsp3) is 0.909. The predicted molar refractivity (Wildman–Crippen MR) is 62.7 cm³/mol. The Bertz CT molecular complexity index is 159. The maximum Gasteiger partial charge on any atom is 0.145 e. The van der Waals surface area contributed by atoms with E-state index >= 15 is 0 Å². The summed E-state index contributed by atoms with van der Waals surface area (Å²) in [6.07, 6.45) is 3.46. The molecule has 0 rings (SSSR count). The van der Waals surface area contributed by atoms with E-state index in [9.17, 15) is 9.90 Å². The van der Waals surface area contributed by atoms with E-state index in [1.165, 1.54) is 0 Å². The van der Waals surface area contributed by atoms with Gasteiger partial charge in [-0.3, -0.25) is 4.79 Å². The molecule has 0 saturated heterocycles. The van der Waals surface area contributed by atoms with Crippen LogP contribution in [0.3, 0.4) is 0 Å². The van der Waals surface area contributed by atoms with Gasteiger partial charge in [-0.2, -0.15) is 0 Å². The Kier molecular flexibility index (Phi) is 8.29. The standard InChI is InChI=1S/C11H22O2S/c1-4-6-8-14-11(9(3)12)10(13)7-5-2/h10-11,13H,4-8H2,1-3H3/t10-,11+/m1/s1. The van der Waals surface area contributed by atoms with Gasteiger partial charge in [0.2, 0.25) is 0 Å². The summed E-state index contributed by atoms with van der Waals surface area (Å²) in [5.41, 5.74) is 0. The van der Waals surface area contributed by atoms with Crippen molar-refractivity contribution in [2.24, 2.45) is 0 Å². The van der Waals surface area contributed by atoms with Crippen LogP contribution in [0.15, 0.2) is 0 Å². The van der Waals surface area contributed by atoms with E-state index in [4.69, 9.17) is 0 Å². The first-order chi connectivity index (χ1) is 6.63. The summed E-state index contributed by atoms with van der Waals surface area (Å²) in [5, 5.41) is 9.53. The minimum atomic E-state index is -0.459. The van der Waals surface area contributed by atoms with Crippen LogP contribution in [-0.2, 0) is 4.79 Å². The van der Waals surface area contributed by atoms with Gasteiger partial charge >= 0.3 is 0 Å². The smallest absolute Gasteiger partial charge is 0.145 e. The second-order valence-corrected chi connectivity index (χ2v) is 4.86. The third-order valence-electron chi connectivity index (χ3n) is 2.13. The summed E-state index contributed by atoms with van der Waals surface area (Å²) in [5.74, 6) is 1.08. The number of hydrogen-bond donors (Lipinski definition) is 1. The second kappa shape index (κ2) is 8.30. The van der Waals surface area contributed by atoms with Crippen molar-refractivity contribution >= 4 is 17.5 Å². The lowest BCUT2D eigenvalue weighted by molar-refractivity contribution is -0.118.